The van der Waals surface area contributed by atoms with Crippen LogP contribution >= 0.6 is 0 Å². The fourth-order valence-corrected chi connectivity index (χ4v) is 5.78. The molecule has 0 amide bonds. The topological polar surface area (TPSA) is 53.2 Å². The van der Waals surface area contributed by atoms with Gasteiger partial charge in [0.05, 0.1) is 10.6 Å². The Morgan fingerprint density at radius 3 is 2.30 bits per heavy atom. The van der Waals surface area contributed by atoms with Crippen molar-refractivity contribution in [2.75, 3.05) is 6.54 Å². The maximum atomic E-state index is 13.9. The Kier molecular flexibility index (Phi) is 8.79. The lowest BCUT2D eigenvalue weighted by atomic mass is 10.0. The van der Waals surface area contributed by atoms with Gasteiger partial charge in [0, 0.05) is 28.7 Å². The van der Waals surface area contributed by atoms with E-state index in [1.807, 2.05) is 38.1 Å². The van der Waals surface area contributed by atoms with Crippen LogP contribution in [0.1, 0.15) is 75.6 Å². The van der Waals surface area contributed by atoms with Crippen molar-refractivity contribution in [3.8, 4) is 0 Å². The number of benzene rings is 2. The van der Waals surface area contributed by atoms with E-state index in [0.29, 0.717) is 11.4 Å². The van der Waals surface area contributed by atoms with Gasteiger partial charge in [-0.05, 0) is 51.3 Å². The lowest BCUT2D eigenvalue weighted by Crippen LogP contribution is -2.31. The minimum Gasteiger partial charge on any atom is -0.358 e. The molecule has 0 bridgehead atoms. The SMILES string of the molecule is CCCCCC/C=C(/c1c(C)[nH]c2ccccc12)N(CCCC)S(=O)(=O)c1ccc(C)cc1. The molecule has 0 aliphatic heterocycles. The number of rotatable bonds is 12. The van der Waals surface area contributed by atoms with Crippen molar-refractivity contribution in [2.45, 2.75) is 77.5 Å². The molecule has 0 aliphatic carbocycles. The second-order valence-electron chi connectivity index (χ2n) is 8.85. The lowest BCUT2D eigenvalue weighted by Gasteiger charge is -2.28. The number of para-hydroxylation sites is 1. The van der Waals surface area contributed by atoms with Crippen molar-refractivity contribution in [1.29, 1.82) is 0 Å². The number of allylic oxidation sites excluding steroid dienone is 1. The number of sulfonamides is 1. The molecule has 5 heteroatoms. The largest absolute Gasteiger partial charge is 0.358 e. The number of nitrogens with zero attached hydrogens (tertiary/aromatic N) is 1. The number of aromatic nitrogens is 1. The van der Waals surface area contributed by atoms with Crippen LogP contribution < -0.4 is 0 Å². The predicted octanol–water partition coefficient (Wildman–Crippen LogP) is 7.59. The first-order chi connectivity index (χ1) is 15.9. The molecule has 0 atom stereocenters. The van der Waals surface area contributed by atoms with Crippen molar-refractivity contribution in [2.24, 2.45) is 0 Å². The minimum atomic E-state index is -3.70. The fourth-order valence-electron chi connectivity index (χ4n) is 4.25. The van der Waals surface area contributed by atoms with Crippen molar-refractivity contribution < 1.29 is 8.42 Å². The fraction of sp³-hybridized carbons (Fsp3) is 0.429. The van der Waals surface area contributed by atoms with Crippen LogP contribution in [0.15, 0.2) is 59.5 Å². The molecular weight excluding hydrogens is 428 g/mol. The summed E-state index contributed by atoms with van der Waals surface area (Å²) in [6.07, 6.45) is 9.35. The number of hydrogen-bond donors (Lipinski definition) is 1. The van der Waals surface area contributed by atoms with Gasteiger partial charge in [-0.3, -0.25) is 4.31 Å². The maximum absolute atomic E-state index is 13.9. The summed E-state index contributed by atoms with van der Waals surface area (Å²) in [4.78, 5) is 3.81. The molecule has 1 heterocycles. The van der Waals surface area contributed by atoms with Crippen molar-refractivity contribution in [3.63, 3.8) is 0 Å². The zero-order valence-electron chi connectivity index (χ0n) is 20.5. The standard InChI is InChI=1S/C28H38N2O2S/c1-5-7-9-10-11-16-27(28-23(4)29-26-15-13-12-14-25(26)28)30(21-8-6-2)33(31,32)24-19-17-22(3)18-20-24/h12-20,29H,5-11,21H2,1-4H3/b27-16-. The summed E-state index contributed by atoms with van der Waals surface area (Å²) in [5.74, 6) is 0. The highest BCUT2D eigenvalue weighted by Gasteiger charge is 2.29. The number of nitrogens with one attached hydrogen (secondary N) is 1. The van der Waals surface area contributed by atoms with Gasteiger partial charge in [0.2, 0.25) is 0 Å². The Morgan fingerprint density at radius 2 is 1.61 bits per heavy atom. The first-order valence-corrected chi connectivity index (χ1v) is 13.7. The molecular formula is C28H38N2O2S. The van der Waals surface area contributed by atoms with Crippen molar-refractivity contribution >= 4 is 26.6 Å². The normalized spacial score (nSPS) is 12.4. The quantitative estimate of drug-likeness (QED) is 0.280. The zero-order valence-corrected chi connectivity index (χ0v) is 21.3. The van der Waals surface area contributed by atoms with Gasteiger partial charge in [-0.1, -0.05) is 81.5 Å². The molecule has 0 fully saturated rings. The summed E-state index contributed by atoms with van der Waals surface area (Å²) >= 11 is 0. The van der Waals surface area contributed by atoms with E-state index in [4.69, 9.17) is 0 Å². The molecule has 33 heavy (non-hydrogen) atoms. The lowest BCUT2D eigenvalue weighted by molar-refractivity contribution is 0.497. The van der Waals surface area contributed by atoms with Crippen LogP contribution in [0.2, 0.25) is 0 Å². The monoisotopic (exact) mass is 466 g/mol. The second-order valence-corrected chi connectivity index (χ2v) is 10.7. The molecule has 3 rings (SSSR count). The Morgan fingerprint density at radius 1 is 0.909 bits per heavy atom. The van der Waals surface area contributed by atoms with Crippen LogP contribution in [0.4, 0.5) is 0 Å². The highest BCUT2D eigenvalue weighted by molar-refractivity contribution is 7.89. The predicted molar refractivity (Wildman–Crippen MR) is 140 cm³/mol. The smallest absolute Gasteiger partial charge is 0.264 e. The van der Waals surface area contributed by atoms with Gasteiger partial charge in [-0.2, -0.15) is 0 Å². The van der Waals surface area contributed by atoms with Crippen LogP contribution in [0.5, 0.6) is 0 Å². The molecule has 0 spiro atoms. The third-order valence-corrected chi connectivity index (χ3v) is 7.96. The third-order valence-electron chi connectivity index (χ3n) is 6.14. The number of aryl methyl sites for hydroxylation is 2. The van der Waals surface area contributed by atoms with Gasteiger partial charge >= 0.3 is 0 Å². The Bertz CT molecular complexity index is 1170. The van der Waals surface area contributed by atoms with Gasteiger partial charge in [-0.25, -0.2) is 8.42 Å². The molecule has 4 nitrogen and oxygen atoms in total. The molecule has 2 aromatic carbocycles. The van der Waals surface area contributed by atoms with Crippen LogP contribution in [0, 0.1) is 13.8 Å². The molecule has 0 aliphatic rings. The van der Waals surface area contributed by atoms with Gasteiger partial charge in [0.15, 0.2) is 0 Å². The van der Waals surface area contributed by atoms with Gasteiger partial charge in [0.25, 0.3) is 10.0 Å². The first kappa shape index (κ1) is 25.1. The number of aromatic amines is 1. The molecule has 0 radical (unpaired) electrons. The Hall–Kier alpha value is -2.53. The van der Waals surface area contributed by atoms with E-state index in [9.17, 15) is 8.42 Å². The molecule has 3 aromatic rings. The molecule has 0 saturated carbocycles. The third kappa shape index (κ3) is 5.89. The Balaban J connectivity index is 2.14. The summed E-state index contributed by atoms with van der Waals surface area (Å²) in [5, 5.41) is 1.07. The molecule has 0 unspecified atom stereocenters. The second kappa shape index (κ2) is 11.6. The van der Waals surface area contributed by atoms with Crippen molar-refractivity contribution in [3.05, 3.63) is 71.4 Å². The van der Waals surface area contributed by atoms with Crippen LogP contribution in [-0.4, -0.2) is 24.3 Å². The van der Waals surface area contributed by atoms with Gasteiger partial charge in [-0.15, -0.1) is 0 Å². The highest BCUT2D eigenvalue weighted by Crippen LogP contribution is 2.35. The van der Waals surface area contributed by atoms with Gasteiger partial charge < -0.3 is 4.98 Å². The summed E-state index contributed by atoms with van der Waals surface area (Å²) in [6, 6.07) is 15.4. The molecule has 1 aromatic heterocycles. The van der Waals surface area contributed by atoms with E-state index in [-0.39, 0.29) is 0 Å². The molecule has 1 N–H and O–H groups in total. The van der Waals surface area contributed by atoms with Crippen LogP contribution in [0.3, 0.4) is 0 Å². The number of H-pyrrole nitrogens is 1. The Labute approximate surface area is 199 Å². The van der Waals surface area contributed by atoms with E-state index in [2.05, 4.69) is 37.0 Å². The number of fused-ring (bicyclic) bond motifs is 1. The van der Waals surface area contributed by atoms with Crippen LogP contribution in [0.25, 0.3) is 16.6 Å². The van der Waals surface area contributed by atoms with E-state index < -0.39 is 10.0 Å². The average Bonchev–Trinajstić information content (AvgIpc) is 3.13. The van der Waals surface area contributed by atoms with Crippen molar-refractivity contribution in [1.82, 2.24) is 9.29 Å². The summed E-state index contributed by atoms with van der Waals surface area (Å²) in [7, 11) is -3.70. The molecule has 178 valence electrons. The molecule has 0 saturated heterocycles. The van der Waals surface area contributed by atoms with E-state index >= 15 is 0 Å². The maximum Gasteiger partial charge on any atom is 0.264 e. The average molecular weight is 467 g/mol. The number of unbranched alkanes of at least 4 members (excludes halogenated alkanes) is 5. The van der Waals surface area contributed by atoms with Crippen LogP contribution in [-0.2, 0) is 10.0 Å². The minimum absolute atomic E-state index is 0.346. The van der Waals surface area contributed by atoms with E-state index in [1.54, 1.807) is 16.4 Å². The zero-order chi connectivity index (χ0) is 23.8. The number of hydrogen-bond acceptors (Lipinski definition) is 2. The first-order valence-electron chi connectivity index (χ1n) is 12.3. The summed E-state index contributed by atoms with van der Waals surface area (Å²) < 4.78 is 29.5. The van der Waals surface area contributed by atoms with E-state index in [0.717, 1.165) is 65.5 Å². The summed E-state index contributed by atoms with van der Waals surface area (Å²) in [6.45, 7) is 8.78. The highest BCUT2D eigenvalue weighted by atomic mass is 32.2. The van der Waals surface area contributed by atoms with Gasteiger partial charge in [0.1, 0.15) is 0 Å². The van der Waals surface area contributed by atoms with E-state index in [1.165, 1.54) is 12.8 Å². The summed E-state index contributed by atoms with van der Waals surface area (Å²) in [5.41, 5.74) is 4.87.